The van der Waals surface area contributed by atoms with E-state index in [0.717, 1.165) is 26.1 Å². The number of amides is 1. The maximum Gasteiger partial charge on any atom is 0.251 e. The molecule has 5 heteroatoms. The summed E-state index contributed by atoms with van der Waals surface area (Å²) < 4.78 is 18.8. The molecular weight excluding hydrogens is 247 g/mol. The molecule has 0 radical (unpaired) electrons. The van der Waals surface area contributed by atoms with Crippen molar-refractivity contribution in [3.05, 3.63) is 29.1 Å². The van der Waals surface area contributed by atoms with E-state index in [1.54, 1.807) is 6.92 Å². The number of benzene rings is 1. The molecule has 0 spiro atoms. The van der Waals surface area contributed by atoms with E-state index < -0.39 is 5.82 Å². The summed E-state index contributed by atoms with van der Waals surface area (Å²) in [7, 11) is 0. The van der Waals surface area contributed by atoms with Crippen LogP contribution in [0.1, 0.15) is 28.8 Å². The first-order valence-corrected chi connectivity index (χ1v) is 6.49. The molecule has 4 nitrogen and oxygen atoms in total. The molecule has 0 unspecified atom stereocenters. The third kappa shape index (κ3) is 3.44. The average Bonchev–Trinajstić information content (AvgIpc) is 2.42. The zero-order chi connectivity index (χ0) is 13.8. The molecule has 104 valence electrons. The van der Waals surface area contributed by atoms with Gasteiger partial charge in [0.2, 0.25) is 0 Å². The molecule has 0 atom stereocenters. The van der Waals surface area contributed by atoms with Crippen LogP contribution in [0.5, 0.6) is 0 Å². The number of ether oxygens (including phenoxy) is 1. The highest BCUT2D eigenvalue weighted by atomic mass is 19.1. The molecule has 3 N–H and O–H groups in total. The Hall–Kier alpha value is -1.62. The fourth-order valence-corrected chi connectivity index (χ4v) is 2.12. The maximum atomic E-state index is 13.5. The lowest BCUT2D eigenvalue weighted by atomic mass is 10.0. The molecule has 19 heavy (non-hydrogen) atoms. The lowest BCUT2D eigenvalue weighted by Crippen LogP contribution is -2.32. The summed E-state index contributed by atoms with van der Waals surface area (Å²) in [6.45, 7) is 3.67. The Morgan fingerprint density at radius 3 is 2.79 bits per heavy atom. The van der Waals surface area contributed by atoms with Crippen molar-refractivity contribution in [3.63, 3.8) is 0 Å². The standard InChI is InChI=1S/C14H19FN2O2/c1-9-12(15)6-11(7-13(9)16)14(18)17-8-10-2-4-19-5-3-10/h6-7,10H,2-5,8,16H2,1H3,(H,17,18). The highest BCUT2D eigenvalue weighted by molar-refractivity contribution is 5.95. The zero-order valence-electron chi connectivity index (χ0n) is 11.0. The largest absolute Gasteiger partial charge is 0.398 e. The van der Waals surface area contributed by atoms with Gasteiger partial charge in [-0.2, -0.15) is 0 Å². The van der Waals surface area contributed by atoms with Gasteiger partial charge in [-0.25, -0.2) is 4.39 Å². The minimum absolute atomic E-state index is 0.271. The maximum absolute atomic E-state index is 13.5. The summed E-state index contributed by atoms with van der Waals surface area (Å²) in [5.41, 5.74) is 6.61. The van der Waals surface area contributed by atoms with Crippen LogP contribution in [-0.4, -0.2) is 25.7 Å². The van der Waals surface area contributed by atoms with Gasteiger partial charge in [-0.3, -0.25) is 4.79 Å². The number of rotatable bonds is 3. The van der Waals surface area contributed by atoms with E-state index in [9.17, 15) is 9.18 Å². The van der Waals surface area contributed by atoms with Gasteiger partial charge < -0.3 is 15.8 Å². The van der Waals surface area contributed by atoms with Crippen LogP contribution in [0.25, 0.3) is 0 Å². The molecule has 1 fully saturated rings. The summed E-state index contributed by atoms with van der Waals surface area (Å²) in [6.07, 6.45) is 1.90. The molecule has 1 aromatic carbocycles. The SMILES string of the molecule is Cc1c(N)cc(C(=O)NCC2CCOCC2)cc1F. The van der Waals surface area contributed by atoms with Crippen molar-refractivity contribution in [2.24, 2.45) is 5.92 Å². The van der Waals surface area contributed by atoms with Gasteiger partial charge in [-0.05, 0) is 37.8 Å². The second-order valence-electron chi connectivity index (χ2n) is 4.94. The van der Waals surface area contributed by atoms with Crippen molar-refractivity contribution in [1.29, 1.82) is 0 Å². The van der Waals surface area contributed by atoms with Crippen molar-refractivity contribution in [2.75, 3.05) is 25.5 Å². The number of halogens is 1. The Labute approximate surface area is 112 Å². The van der Waals surface area contributed by atoms with E-state index in [0.29, 0.717) is 23.7 Å². The van der Waals surface area contributed by atoms with Gasteiger partial charge in [0, 0.05) is 36.6 Å². The molecule has 0 saturated carbocycles. The third-order valence-electron chi connectivity index (χ3n) is 3.54. The number of anilines is 1. The van der Waals surface area contributed by atoms with Crippen LogP contribution in [0.15, 0.2) is 12.1 Å². The number of nitrogens with one attached hydrogen (secondary N) is 1. The van der Waals surface area contributed by atoms with E-state index in [-0.39, 0.29) is 11.5 Å². The quantitative estimate of drug-likeness (QED) is 0.821. The summed E-state index contributed by atoms with van der Waals surface area (Å²) in [5, 5.41) is 2.83. The highest BCUT2D eigenvalue weighted by Gasteiger charge is 2.16. The van der Waals surface area contributed by atoms with Gasteiger partial charge in [-0.15, -0.1) is 0 Å². The second-order valence-corrected chi connectivity index (χ2v) is 4.94. The molecule has 2 rings (SSSR count). The molecule has 1 aromatic rings. The monoisotopic (exact) mass is 266 g/mol. The minimum atomic E-state index is -0.448. The summed E-state index contributed by atoms with van der Waals surface area (Å²) in [5.74, 6) is -0.293. The Bertz CT molecular complexity index is 448. The van der Waals surface area contributed by atoms with E-state index in [1.807, 2.05) is 0 Å². The average molecular weight is 266 g/mol. The first-order chi connectivity index (χ1) is 9.08. The Balaban J connectivity index is 1.96. The molecule has 0 aliphatic carbocycles. The summed E-state index contributed by atoms with van der Waals surface area (Å²) in [6, 6.07) is 2.74. The van der Waals surface area contributed by atoms with Gasteiger partial charge >= 0.3 is 0 Å². The van der Waals surface area contributed by atoms with Crippen LogP contribution < -0.4 is 11.1 Å². The predicted molar refractivity (Wildman–Crippen MR) is 71.4 cm³/mol. The van der Waals surface area contributed by atoms with Gasteiger partial charge in [0.25, 0.3) is 5.91 Å². The predicted octanol–water partition coefficient (Wildman–Crippen LogP) is 1.87. The van der Waals surface area contributed by atoms with Crippen molar-refractivity contribution in [1.82, 2.24) is 5.32 Å². The molecule has 1 heterocycles. The van der Waals surface area contributed by atoms with Gasteiger partial charge in [0.1, 0.15) is 5.82 Å². The van der Waals surface area contributed by atoms with Crippen LogP contribution in [0, 0.1) is 18.7 Å². The van der Waals surface area contributed by atoms with E-state index in [2.05, 4.69) is 5.32 Å². The van der Waals surface area contributed by atoms with Crippen molar-refractivity contribution in [2.45, 2.75) is 19.8 Å². The lowest BCUT2D eigenvalue weighted by molar-refractivity contribution is 0.0642. The zero-order valence-corrected chi connectivity index (χ0v) is 11.0. The third-order valence-corrected chi connectivity index (χ3v) is 3.54. The molecule has 1 aliphatic heterocycles. The number of hydrogen-bond donors (Lipinski definition) is 2. The Morgan fingerprint density at radius 1 is 1.47 bits per heavy atom. The molecule has 0 aromatic heterocycles. The molecular formula is C14H19FN2O2. The second kappa shape index (κ2) is 6.02. The van der Waals surface area contributed by atoms with Crippen LogP contribution in [0.3, 0.4) is 0 Å². The topological polar surface area (TPSA) is 64.4 Å². The number of nitrogens with two attached hydrogens (primary N) is 1. The van der Waals surface area contributed by atoms with Gasteiger partial charge in [0.05, 0.1) is 0 Å². The van der Waals surface area contributed by atoms with Crippen LogP contribution in [-0.2, 0) is 4.74 Å². The first kappa shape index (κ1) is 13.8. The minimum Gasteiger partial charge on any atom is -0.398 e. The number of nitrogen functional groups attached to an aromatic ring is 1. The smallest absolute Gasteiger partial charge is 0.251 e. The van der Waals surface area contributed by atoms with Gasteiger partial charge in [0.15, 0.2) is 0 Å². The summed E-state index contributed by atoms with van der Waals surface area (Å²) in [4.78, 5) is 11.9. The van der Waals surface area contributed by atoms with Crippen LogP contribution >= 0.6 is 0 Å². The first-order valence-electron chi connectivity index (χ1n) is 6.49. The fourth-order valence-electron chi connectivity index (χ4n) is 2.12. The van der Waals surface area contributed by atoms with Crippen LogP contribution in [0.4, 0.5) is 10.1 Å². The normalized spacial score (nSPS) is 16.3. The fraction of sp³-hybridized carbons (Fsp3) is 0.500. The number of hydrogen-bond acceptors (Lipinski definition) is 3. The lowest BCUT2D eigenvalue weighted by Gasteiger charge is -2.22. The van der Waals surface area contributed by atoms with Crippen molar-refractivity contribution in [3.8, 4) is 0 Å². The molecule has 1 saturated heterocycles. The highest BCUT2D eigenvalue weighted by Crippen LogP contribution is 2.18. The number of carbonyl (C=O) groups is 1. The molecule has 1 aliphatic rings. The van der Waals surface area contributed by atoms with Crippen molar-refractivity contribution < 1.29 is 13.9 Å². The number of carbonyl (C=O) groups excluding carboxylic acids is 1. The molecule has 0 bridgehead atoms. The van der Waals surface area contributed by atoms with E-state index in [1.165, 1.54) is 12.1 Å². The molecule has 1 amide bonds. The van der Waals surface area contributed by atoms with E-state index in [4.69, 9.17) is 10.5 Å². The Kier molecular flexibility index (Phi) is 4.37. The summed E-state index contributed by atoms with van der Waals surface area (Å²) >= 11 is 0. The van der Waals surface area contributed by atoms with Crippen molar-refractivity contribution >= 4 is 11.6 Å². The van der Waals surface area contributed by atoms with Gasteiger partial charge in [-0.1, -0.05) is 0 Å². The van der Waals surface area contributed by atoms with Crippen LogP contribution in [0.2, 0.25) is 0 Å². The van der Waals surface area contributed by atoms with E-state index >= 15 is 0 Å². The Morgan fingerprint density at radius 2 is 2.16 bits per heavy atom.